The number of carboxylic acid groups (broad SMARTS) is 1. The van der Waals surface area contributed by atoms with Crippen LogP contribution in [0.4, 0.5) is 0 Å². The third-order valence-electron chi connectivity index (χ3n) is 2.52. The van der Waals surface area contributed by atoms with Gasteiger partial charge in [-0.15, -0.1) is 0 Å². The van der Waals surface area contributed by atoms with E-state index in [1.54, 1.807) is 20.8 Å². The molecule has 2 unspecified atom stereocenters. The summed E-state index contributed by atoms with van der Waals surface area (Å²) in [6.45, 7) is 5.03. The Kier molecular flexibility index (Phi) is 3.37. The maximum atomic E-state index is 11.6. The summed E-state index contributed by atoms with van der Waals surface area (Å²) in [6.07, 6.45) is 0. The molecule has 7 heteroatoms. The molecule has 0 aromatic carbocycles. The molecule has 0 amide bonds. The van der Waals surface area contributed by atoms with Crippen molar-refractivity contribution in [3.05, 3.63) is 0 Å². The van der Waals surface area contributed by atoms with Crippen molar-refractivity contribution in [1.29, 1.82) is 0 Å². The molecule has 15 heavy (non-hydrogen) atoms. The molecular formula is C8H16N2O4S. The van der Waals surface area contributed by atoms with E-state index < -0.39 is 28.1 Å². The van der Waals surface area contributed by atoms with Crippen LogP contribution in [0.15, 0.2) is 0 Å². The largest absolute Gasteiger partial charge is 0.481 e. The minimum atomic E-state index is -3.52. The Morgan fingerprint density at radius 2 is 2.07 bits per heavy atom. The van der Waals surface area contributed by atoms with Gasteiger partial charge in [-0.25, -0.2) is 0 Å². The molecule has 1 rings (SSSR count). The molecule has 1 aliphatic heterocycles. The molecule has 0 aromatic rings. The van der Waals surface area contributed by atoms with E-state index in [1.165, 1.54) is 4.31 Å². The van der Waals surface area contributed by atoms with Crippen molar-refractivity contribution in [3.8, 4) is 0 Å². The number of hydrogen-bond acceptors (Lipinski definition) is 3. The number of nitrogens with zero attached hydrogens (tertiary/aromatic N) is 1. The lowest BCUT2D eigenvalue weighted by Gasteiger charge is -2.36. The predicted octanol–water partition coefficient (Wildman–Crippen LogP) is -0.366. The molecule has 0 aliphatic carbocycles. The van der Waals surface area contributed by atoms with Crippen molar-refractivity contribution < 1.29 is 18.3 Å². The van der Waals surface area contributed by atoms with Crippen LogP contribution in [0.2, 0.25) is 0 Å². The zero-order chi connectivity index (χ0) is 11.8. The highest BCUT2D eigenvalue weighted by Crippen LogP contribution is 2.19. The topological polar surface area (TPSA) is 86.7 Å². The third-order valence-corrected chi connectivity index (χ3v) is 4.37. The standard InChI is InChI=1S/C8H16N2O4S/c1-5(2)10-4-7(8(11)12)6(3)9-15(10,13)14/h5-7,9H,4H2,1-3H3,(H,11,12). The summed E-state index contributed by atoms with van der Waals surface area (Å²) in [7, 11) is -3.52. The molecule has 1 aliphatic rings. The van der Waals surface area contributed by atoms with Crippen LogP contribution in [0.25, 0.3) is 0 Å². The lowest BCUT2D eigenvalue weighted by atomic mass is 10.0. The molecule has 1 fully saturated rings. The summed E-state index contributed by atoms with van der Waals surface area (Å²) in [5.41, 5.74) is 0. The lowest BCUT2D eigenvalue weighted by molar-refractivity contribution is -0.143. The van der Waals surface area contributed by atoms with Crippen molar-refractivity contribution in [2.45, 2.75) is 32.9 Å². The summed E-state index contributed by atoms with van der Waals surface area (Å²) in [5.74, 6) is -1.67. The Morgan fingerprint density at radius 3 is 2.47 bits per heavy atom. The fourth-order valence-corrected chi connectivity index (χ4v) is 3.30. The van der Waals surface area contributed by atoms with E-state index in [0.29, 0.717) is 0 Å². The predicted molar refractivity (Wildman–Crippen MR) is 54.5 cm³/mol. The van der Waals surface area contributed by atoms with Gasteiger partial charge in [0.25, 0.3) is 10.2 Å². The highest BCUT2D eigenvalue weighted by Gasteiger charge is 2.40. The van der Waals surface area contributed by atoms with Gasteiger partial charge in [0.2, 0.25) is 0 Å². The average molecular weight is 236 g/mol. The van der Waals surface area contributed by atoms with Gasteiger partial charge in [-0.3, -0.25) is 4.79 Å². The number of nitrogens with one attached hydrogen (secondary N) is 1. The van der Waals surface area contributed by atoms with E-state index in [-0.39, 0.29) is 12.6 Å². The van der Waals surface area contributed by atoms with E-state index in [2.05, 4.69) is 4.72 Å². The first kappa shape index (κ1) is 12.4. The summed E-state index contributed by atoms with van der Waals surface area (Å²) in [4.78, 5) is 10.9. The zero-order valence-corrected chi connectivity index (χ0v) is 9.78. The summed E-state index contributed by atoms with van der Waals surface area (Å²) < 4.78 is 26.8. The molecule has 0 spiro atoms. The van der Waals surface area contributed by atoms with Gasteiger partial charge in [0, 0.05) is 18.6 Å². The van der Waals surface area contributed by atoms with Gasteiger partial charge in [-0.05, 0) is 20.8 Å². The molecule has 1 saturated heterocycles. The SMILES string of the molecule is CC1NS(=O)(=O)N(C(C)C)CC1C(=O)O. The van der Waals surface area contributed by atoms with Gasteiger partial charge in [-0.1, -0.05) is 0 Å². The molecule has 0 saturated carbocycles. The second-order valence-electron chi connectivity index (χ2n) is 4.02. The molecule has 1 heterocycles. The first-order valence-corrected chi connectivity index (χ1v) is 6.21. The molecule has 0 bridgehead atoms. The molecule has 0 radical (unpaired) electrons. The van der Waals surface area contributed by atoms with Crippen LogP contribution in [-0.4, -0.2) is 42.4 Å². The number of carbonyl (C=O) groups is 1. The van der Waals surface area contributed by atoms with E-state index >= 15 is 0 Å². The molecule has 6 nitrogen and oxygen atoms in total. The normalized spacial score (nSPS) is 31.7. The molecule has 2 N–H and O–H groups in total. The van der Waals surface area contributed by atoms with Crippen LogP contribution in [0.1, 0.15) is 20.8 Å². The third kappa shape index (κ3) is 2.47. The van der Waals surface area contributed by atoms with Crippen molar-refractivity contribution in [2.75, 3.05) is 6.54 Å². The number of hydrogen-bond donors (Lipinski definition) is 2. The van der Waals surface area contributed by atoms with Crippen LogP contribution in [0, 0.1) is 5.92 Å². The van der Waals surface area contributed by atoms with Gasteiger partial charge in [0.05, 0.1) is 5.92 Å². The summed E-state index contributed by atoms with van der Waals surface area (Å²) in [5, 5.41) is 8.92. The Labute approximate surface area is 89.4 Å². The van der Waals surface area contributed by atoms with Crippen LogP contribution in [-0.2, 0) is 15.0 Å². The first-order chi connectivity index (χ1) is 6.75. The minimum Gasteiger partial charge on any atom is -0.481 e. The van der Waals surface area contributed by atoms with Crippen LogP contribution < -0.4 is 4.72 Å². The number of rotatable bonds is 2. The van der Waals surface area contributed by atoms with Crippen molar-refractivity contribution >= 4 is 16.2 Å². The smallest absolute Gasteiger partial charge is 0.309 e. The van der Waals surface area contributed by atoms with Crippen molar-refractivity contribution in [2.24, 2.45) is 5.92 Å². The second kappa shape index (κ2) is 4.07. The Bertz CT molecular complexity index is 352. The Morgan fingerprint density at radius 1 is 1.53 bits per heavy atom. The summed E-state index contributed by atoms with van der Waals surface area (Å²) in [6, 6.07) is -0.806. The maximum absolute atomic E-state index is 11.6. The quantitative estimate of drug-likeness (QED) is 0.685. The average Bonchev–Trinajstić information content (AvgIpc) is 1.99. The van der Waals surface area contributed by atoms with Crippen LogP contribution in [0.5, 0.6) is 0 Å². The fourth-order valence-electron chi connectivity index (χ4n) is 1.62. The van der Waals surface area contributed by atoms with E-state index in [9.17, 15) is 13.2 Å². The van der Waals surface area contributed by atoms with Gasteiger partial charge >= 0.3 is 5.97 Å². The second-order valence-corrected chi connectivity index (χ2v) is 5.67. The Balaban J connectivity index is 2.95. The maximum Gasteiger partial charge on any atom is 0.309 e. The minimum absolute atomic E-state index is 0.0312. The molecule has 2 atom stereocenters. The number of aliphatic carboxylic acids is 1. The van der Waals surface area contributed by atoms with Gasteiger partial charge in [0.15, 0.2) is 0 Å². The van der Waals surface area contributed by atoms with Gasteiger partial charge in [-0.2, -0.15) is 17.4 Å². The van der Waals surface area contributed by atoms with Gasteiger partial charge < -0.3 is 5.11 Å². The van der Waals surface area contributed by atoms with E-state index in [0.717, 1.165) is 0 Å². The summed E-state index contributed by atoms with van der Waals surface area (Å²) >= 11 is 0. The lowest BCUT2D eigenvalue weighted by Crippen LogP contribution is -2.59. The number of carboxylic acids is 1. The Hall–Kier alpha value is -0.660. The van der Waals surface area contributed by atoms with Gasteiger partial charge in [0.1, 0.15) is 0 Å². The fraction of sp³-hybridized carbons (Fsp3) is 0.875. The van der Waals surface area contributed by atoms with E-state index in [1.807, 2.05) is 0 Å². The molecule has 88 valence electrons. The molecular weight excluding hydrogens is 220 g/mol. The van der Waals surface area contributed by atoms with Crippen LogP contribution in [0.3, 0.4) is 0 Å². The highest BCUT2D eigenvalue weighted by atomic mass is 32.2. The van der Waals surface area contributed by atoms with E-state index in [4.69, 9.17) is 5.11 Å². The highest BCUT2D eigenvalue weighted by molar-refractivity contribution is 7.87. The van der Waals surface area contributed by atoms with Crippen LogP contribution >= 0.6 is 0 Å². The zero-order valence-electron chi connectivity index (χ0n) is 8.97. The molecule has 0 aromatic heterocycles. The monoisotopic (exact) mass is 236 g/mol. The van der Waals surface area contributed by atoms with Crippen molar-refractivity contribution in [3.63, 3.8) is 0 Å². The van der Waals surface area contributed by atoms with Crippen molar-refractivity contribution in [1.82, 2.24) is 9.03 Å². The first-order valence-electron chi connectivity index (χ1n) is 4.77.